The van der Waals surface area contributed by atoms with Crippen LogP contribution in [0.1, 0.15) is 11.1 Å². The van der Waals surface area contributed by atoms with Gasteiger partial charge in [0, 0.05) is 11.4 Å². The average Bonchev–Trinajstić information content (AvgIpc) is 2.91. The molecule has 6 aromatic rings. The van der Waals surface area contributed by atoms with Crippen molar-refractivity contribution in [2.24, 2.45) is 0 Å². The summed E-state index contributed by atoms with van der Waals surface area (Å²) >= 11 is 0. The van der Waals surface area contributed by atoms with Gasteiger partial charge in [0.25, 0.3) is 0 Å². The summed E-state index contributed by atoms with van der Waals surface area (Å²) in [6.07, 6.45) is 0. The maximum absolute atomic E-state index is 2.42. The Hall–Kier alpha value is -4.56. The van der Waals surface area contributed by atoms with Crippen molar-refractivity contribution >= 4 is 55.7 Å². The zero-order valence-electron chi connectivity index (χ0n) is 20.4. The van der Waals surface area contributed by atoms with E-state index in [-0.39, 0.29) is 0 Å². The van der Waals surface area contributed by atoms with Gasteiger partial charge >= 0.3 is 0 Å². The Labute approximate surface area is 211 Å². The first-order chi connectivity index (χ1) is 17.7. The van der Waals surface area contributed by atoms with Crippen molar-refractivity contribution in [1.29, 1.82) is 0 Å². The molecule has 0 aliphatic carbocycles. The fourth-order valence-electron chi connectivity index (χ4n) is 5.35. The minimum atomic E-state index is 1.16. The third-order valence-corrected chi connectivity index (χ3v) is 7.23. The second kappa shape index (κ2) is 8.00. The second-order valence-electron chi connectivity index (χ2n) is 9.72. The van der Waals surface area contributed by atoms with Crippen molar-refractivity contribution in [2.75, 3.05) is 9.80 Å². The van der Waals surface area contributed by atoms with E-state index in [1.807, 2.05) is 0 Å². The Bertz CT molecular complexity index is 1530. The van der Waals surface area contributed by atoms with E-state index in [0.29, 0.717) is 0 Å². The molecule has 0 radical (unpaired) electrons. The van der Waals surface area contributed by atoms with Gasteiger partial charge in [-0.15, -0.1) is 0 Å². The fraction of sp³-hybridized carbons (Fsp3) is 0.0588. The summed E-state index contributed by atoms with van der Waals surface area (Å²) in [4.78, 5) is 4.85. The number of benzene rings is 6. The van der Waals surface area contributed by atoms with Crippen LogP contribution in [-0.2, 0) is 0 Å². The lowest BCUT2D eigenvalue weighted by Gasteiger charge is -2.41. The van der Waals surface area contributed by atoms with Gasteiger partial charge in [-0.25, -0.2) is 0 Å². The molecular weight excluding hydrogens is 436 g/mol. The predicted molar refractivity (Wildman–Crippen MR) is 154 cm³/mol. The smallest absolute Gasteiger partial charge is 0.0709 e. The normalized spacial score (nSPS) is 12.6. The zero-order valence-corrected chi connectivity index (χ0v) is 20.4. The van der Waals surface area contributed by atoms with E-state index in [2.05, 4.69) is 145 Å². The van der Waals surface area contributed by atoms with Crippen LogP contribution >= 0.6 is 0 Å². The standard InChI is InChI=1S/C34H26N2/c1-23-11-15-29(16-12-23)35-31-19-25-7-3-5-9-27(25)21-33(31)36(30-17-13-24(2)14-18-30)34-22-28-10-6-4-8-26(28)20-32(34)35/h3-22H,1-2H3. The molecule has 7 rings (SSSR count). The topological polar surface area (TPSA) is 6.48 Å². The minimum Gasteiger partial charge on any atom is -0.306 e. The molecule has 0 amide bonds. The number of hydrogen-bond acceptors (Lipinski definition) is 2. The monoisotopic (exact) mass is 462 g/mol. The van der Waals surface area contributed by atoms with Crippen LogP contribution in [0.5, 0.6) is 0 Å². The number of hydrogen-bond donors (Lipinski definition) is 0. The molecule has 0 fully saturated rings. The van der Waals surface area contributed by atoms with Crippen LogP contribution < -0.4 is 9.80 Å². The van der Waals surface area contributed by atoms with Gasteiger partial charge < -0.3 is 9.80 Å². The molecule has 172 valence electrons. The summed E-state index contributed by atoms with van der Waals surface area (Å²) in [5.41, 5.74) is 9.57. The molecule has 0 N–H and O–H groups in total. The Morgan fingerprint density at radius 1 is 0.361 bits per heavy atom. The maximum atomic E-state index is 2.42. The zero-order chi connectivity index (χ0) is 24.2. The first-order valence-electron chi connectivity index (χ1n) is 12.4. The van der Waals surface area contributed by atoms with E-state index in [1.54, 1.807) is 0 Å². The molecule has 0 saturated heterocycles. The molecule has 0 unspecified atom stereocenters. The summed E-state index contributed by atoms with van der Waals surface area (Å²) < 4.78 is 0. The summed E-state index contributed by atoms with van der Waals surface area (Å²) in [5, 5.41) is 4.95. The molecule has 0 saturated carbocycles. The number of anilines is 6. The molecule has 2 heteroatoms. The molecule has 0 spiro atoms. The highest BCUT2D eigenvalue weighted by atomic mass is 15.3. The summed E-state index contributed by atoms with van der Waals surface area (Å²) in [6, 6.07) is 44.3. The molecule has 1 aliphatic heterocycles. The lowest BCUT2D eigenvalue weighted by atomic mass is 9.98. The molecule has 0 bridgehead atoms. The van der Waals surface area contributed by atoms with Crippen molar-refractivity contribution in [3.05, 3.63) is 132 Å². The van der Waals surface area contributed by atoms with Gasteiger partial charge in [0.15, 0.2) is 0 Å². The van der Waals surface area contributed by atoms with Gasteiger partial charge in [-0.1, -0.05) is 83.9 Å². The van der Waals surface area contributed by atoms with E-state index >= 15 is 0 Å². The SMILES string of the molecule is Cc1ccc(N2c3cc4ccccc4cc3N(c3ccc(C)cc3)c3cc4ccccc4cc32)cc1. The summed E-state index contributed by atoms with van der Waals surface area (Å²) in [7, 11) is 0. The maximum Gasteiger partial charge on any atom is 0.0709 e. The second-order valence-corrected chi connectivity index (χ2v) is 9.72. The molecule has 0 aromatic heterocycles. The third kappa shape index (κ3) is 3.26. The third-order valence-electron chi connectivity index (χ3n) is 7.23. The highest BCUT2D eigenvalue weighted by molar-refractivity contribution is 6.09. The molecule has 2 nitrogen and oxygen atoms in total. The highest BCUT2D eigenvalue weighted by Gasteiger charge is 2.31. The van der Waals surface area contributed by atoms with E-state index in [0.717, 1.165) is 11.4 Å². The van der Waals surface area contributed by atoms with Crippen molar-refractivity contribution in [1.82, 2.24) is 0 Å². The van der Waals surface area contributed by atoms with Crippen LogP contribution in [0.4, 0.5) is 34.1 Å². The van der Waals surface area contributed by atoms with Gasteiger partial charge in [-0.05, 0) is 83.9 Å². The first-order valence-corrected chi connectivity index (χ1v) is 12.4. The van der Waals surface area contributed by atoms with Gasteiger partial charge in [-0.3, -0.25) is 0 Å². The summed E-state index contributed by atoms with van der Waals surface area (Å²) in [6.45, 7) is 4.28. The Morgan fingerprint density at radius 3 is 0.917 bits per heavy atom. The molecule has 36 heavy (non-hydrogen) atoms. The van der Waals surface area contributed by atoms with E-state index in [9.17, 15) is 0 Å². The van der Waals surface area contributed by atoms with Crippen LogP contribution in [0.25, 0.3) is 21.5 Å². The lowest BCUT2D eigenvalue weighted by molar-refractivity contribution is 1.18. The number of rotatable bonds is 2. The van der Waals surface area contributed by atoms with Crippen LogP contribution in [-0.4, -0.2) is 0 Å². The highest BCUT2D eigenvalue weighted by Crippen LogP contribution is 2.55. The van der Waals surface area contributed by atoms with Crippen LogP contribution in [0.15, 0.2) is 121 Å². The van der Waals surface area contributed by atoms with Crippen molar-refractivity contribution in [3.63, 3.8) is 0 Å². The lowest BCUT2D eigenvalue weighted by Crippen LogP contribution is -2.24. The summed E-state index contributed by atoms with van der Waals surface area (Å²) in [5.74, 6) is 0. The number of fused-ring (bicyclic) bond motifs is 4. The Kier molecular flexibility index (Phi) is 4.62. The Balaban J connectivity index is 1.60. The fourth-order valence-corrected chi connectivity index (χ4v) is 5.35. The van der Waals surface area contributed by atoms with Gasteiger partial charge in [0.1, 0.15) is 0 Å². The molecule has 6 aromatic carbocycles. The van der Waals surface area contributed by atoms with E-state index in [1.165, 1.54) is 55.4 Å². The molecule has 1 heterocycles. The van der Waals surface area contributed by atoms with Crippen molar-refractivity contribution in [3.8, 4) is 0 Å². The van der Waals surface area contributed by atoms with Crippen LogP contribution in [0.3, 0.4) is 0 Å². The van der Waals surface area contributed by atoms with Gasteiger partial charge in [0.2, 0.25) is 0 Å². The largest absolute Gasteiger partial charge is 0.306 e. The number of aryl methyl sites for hydroxylation is 2. The quantitative estimate of drug-likeness (QED) is 0.252. The number of nitrogens with zero attached hydrogens (tertiary/aromatic N) is 2. The van der Waals surface area contributed by atoms with Crippen LogP contribution in [0, 0.1) is 13.8 Å². The predicted octanol–water partition coefficient (Wildman–Crippen LogP) is 9.86. The van der Waals surface area contributed by atoms with E-state index < -0.39 is 0 Å². The van der Waals surface area contributed by atoms with Crippen LogP contribution in [0.2, 0.25) is 0 Å². The first kappa shape index (κ1) is 20.8. The van der Waals surface area contributed by atoms with Crippen molar-refractivity contribution < 1.29 is 0 Å². The Morgan fingerprint density at radius 2 is 0.639 bits per heavy atom. The average molecular weight is 463 g/mol. The van der Waals surface area contributed by atoms with Gasteiger partial charge in [-0.2, -0.15) is 0 Å². The van der Waals surface area contributed by atoms with Crippen molar-refractivity contribution in [2.45, 2.75) is 13.8 Å². The molecule has 1 aliphatic rings. The molecule has 0 atom stereocenters. The molecular formula is C34H26N2. The minimum absolute atomic E-state index is 1.16. The van der Waals surface area contributed by atoms with E-state index in [4.69, 9.17) is 0 Å². The van der Waals surface area contributed by atoms with Gasteiger partial charge in [0.05, 0.1) is 22.7 Å².